The summed E-state index contributed by atoms with van der Waals surface area (Å²) >= 11 is 0. The number of hydrogen-bond donors (Lipinski definition) is 0. The van der Waals surface area contributed by atoms with Crippen LogP contribution in [0.3, 0.4) is 0 Å². The number of fused-ring (bicyclic) bond motifs is 1. The summed E-state index contributed by atoms with van der Waals surface area (Å²) in [7, 11) is 0. The maximum absolute atomic E-state index is 12.0. The molecule has 1 atom stereocenters. The van der Waals surface area contributed by atoms with Gasteiger partial charge in [-0.25, -0.2) is 0 Å². The Hall–Kier alpha value is -2.40. The molecule has 0 saturated carbocycles. The fraction of sp³-hybridized carbons (Fsp3) is 0.462. The smallest absolute Gasteiger partial charge is 0.231 e. The third kappa shape index (κ3) is 2.35. The van der Waals surface area contributed by atoms with Crippen molar-refractivity contribution in [1.29, 1.82) is 0 Å². The Morgan fingerprint density at radius 2 is 2.35 bits per heavy atom. The van der Waals surface area contributed by atoms with Gasteiger partial charge < -0.3 is 14.4 Å². The summed E-state index contributed by atoms with van der Waals surface area (Å²) in [6.07, 6.45) is 0.436. The minimum absolute atomic E-state index is 0.0830. The molecule has 1 aromatic carbocycles. The van der Waals surface area contributed by atoms with Gasteiger partial charge in [-0.1, -0.05) is 17.2 Å². The largest absolute Gasteiger partial charge is 0.454 e. The molecule has 1 aromatic rings. The van der Waals surface area contributed by atoms with Gasteiger partial charge in [0.1, 0.15) is 0 Å². The first-order valence-electron chi connectivity index (χ1n) is 6.44. The average Bonchev–Trinajstić information content (AvgIpc) is 3.04. The number of carbonyl (C=O) groups is 1. The van der Waals surface area contributed by atoms with Crippen molar-refractivity contribution in [3.8, 4) is 11.5 Å². The van der Waals surface area contributed by atoms with E-state index in [0.29, 0.717) is 26.1 Å². The van der Waals surface area contributed by atoms with E-state index >= 15 is 0 Å². The van der Waals surface area contributed by atoms with Gasteiger partial charge in [0, 0.05) is 36.5 Å². The molecule has 1 unspecified atom stereocenters. The minimum Gasteiger partial charge on any atom is -0.454 e. The monoisotopic (exact) mass is 274 g/mol. The van der Waals surface area contributed by atoms with Crippen molar-refractivity contribution in [2.24, 2.45) is 11.0 Å². The normalized spacial score (nSPS) is 20.1. The molecule has 2 aliphatic rings. The molecular weight excluding hydrogens is 260 g/mol. The zero-order valence-corrected chi connectivity index (χ0v) is 10.9. The number of ether oxygens (including phenoxy) is 2. The Bertz CT molecular complexity index is 583. The van der Waals surface area contributed by atoms with Gasteiger partial charge >= 0.3 is 0 Å². The molecule has 1 amide bonds. The number of benzene rings is 1. The second-order valence-corrected chi connectivity index (χ2v) is 4.91. The Kier molecular flexibility index (Phi) is 3.35. The van der Waals surface area contributed by atoms with Crippen LogP contribution in [0.5, 0.6) is 11.5 Å². The molecule has 1 saturated heterocycles. The zero-order valence-electron chi connectivity index (χ0n) is 10.9. The Morgan fingerprint density at radius 3 is 3.20 bits per heavy atom. The van der Waals surface area contributed by atoms with E-state index in [2.05, 4.69) is 10.0 Å². The Labute approximate surface area is 115 Å². The lowest BCUT2D eigenvalue weighted by molar-refractivity contribution is -0.128. The van der Waals surface area contributed by atoms with Crippen LogP contribution in [0.15, 0.2) is 23.3 Å². The molecule has 3 rings (SSSR count). The molecule has 1 fully saturated rings. The summed E-state index contributed by atoms with van der Waals surface area (Å²) < 4.78 is 10.8. The van der Waals surface area contributed by atoms with Crippen LogP contribution in [0.4, 0.5) is 0 Å². The SMILES string of the molecule is [N-]=[N+]=NCC1CC(=O)N(Cc2cccc3c2OCO3)C1. The molecule has 7 nitrogen and oxygen atoms in total. The number of rotatable bonds is 4. The minimum atomic E-state index is 0.0830. The van der Waals surface area contributed by atoms with Crippen LogP contribution in [0.1, 0.15) is 12.0 Å². The fourth-order valence-electron chi connectivity index (χ4n) is 2.60. The molecule has 0 radical (unpaired) electrons. The van der Waals surface area contributed by atoms with E-state index in [4.69, 9.17) is 15.0 Å². The van der Waals surface area contributed by atoms with E-state index in [9.17, 15) is 4.79 Å². The number of carbonyl (C=O) groups excluding carboxylic acids is 1. The molecule has 2 aliphatic heterocycles. The lowest BCUT2D eigenvalue weighted by atomic mass is 10.1. The molecule has 0 aliphatic carbocycles. The van der Waals surface area contributed by atoms with E-state index in [-0.39, 0.29) is 18.6 Å². The van der Waals surface area contributed by atoms with Crippen LogP contribution in [-0.4, -0.2) is 30.7 Å². The quantitative estimate of drug-likeness (QED) is 0.478. The predicted molar refractivity (Wildman–Crippen MR) is 70.1 cm³/mol. The van der Waals surface area contributed by atoms with Gasteiger partial charge in [-0.05, 0) is 17.5 Å². The van der Waals surface area contributed by atoms with E-state index in [1.807, 2.05) is 18.2 Å². The summed E-state index contributed by atoms with van der Waals surface area (Å²) in [5.74, 6) is 1.63. The highest BCUT2D eigenvalue weighted by Gasteiger charge is 2.30. The number of amides is 1. The maximum Gasteiger partial charge on any atom is 0.231 e. The van der Waals surface area contributed by atoms with Gasteiger partial charge in [0.15, 0.2) is 11.5 Å². The highest BCUT2D eigenvalue weighted by atomic mass is 16.7. The van der Waals surface area contributed by atoms with E-state index in [1.54, 1.807) is 4.90 Å². The third-order valence-corrected chi connectivity index (χ3v) is 3.54. The molecule has 0 N–H and O–H groups in total. The van der Waals surface area contributed by atoms with E-state index in [0.717, 1.165) is 17.1 Å². The molecule has 104 valence electrons. The number of likely N-dealkylation sites (tertiary alicyclic amines) is 1. The summed E-state index contributed by atoms with van der Waals surface area (Å²) in [4.78, 5) is 16.5. The predicted octanol–water partition coefficient (Wildman–Crippen LogP) is 2.07. The summed E-state index contributed by atoms with van der Waals surface area (Å²) in [5, 5.41) is 3.54. The van der Waals surface area contributed by atoms with Gasteiger partial charge in [0.2, 0.25) is 12.7 Å². The average molecular weight is 274 g/mol. The lowest BCUT2D eigenvalue weighted by Crippen LogP contribution is -2.25. The second-order valence-electron chi connectivity index (χ2n) is 4.91. The third-order valence-electron chi connectivity index (χ3n) is 3.54. The van der Waals surface area contributed by atoms with Crippen molar-refractivity contribution < 1.29 is 14.3 Å². The van der Waals surface area contributed by atoms with Gasteiger partial charge in [-0.2, -0.15) is 0 Å². The number of nitrogens with zero attached hydrogens (tertiary/aromatic N) is 4. The van der Waals surface area contributed by atoms with Gasteiger partial charge in [-0.3, -0.25) is 4.79 Å². The topological polar surface area (TPSA) is 87.5 Å². The zero-order chi connectivity index (χ0) is 13.9. The highest BCUT2D eigenvalue weighted by molar-refractivity contribution is 5.78. The van der Waals surface area contributed by atoms with Crippen LogP contribution in [0.25, 0.3) is 10.4 Å². The van der Waals surface area contributed by atoms with Crippen molar-refractivity contribution in [1.82, 2.24) is 4.90 Å². The van der Waals surface area contributed by atoms with Crippen molar-refractivity contribution in [3.05, 3.63) is 34.2 Å². The van der Waals surface area contributed by atoms with Crippen LogP contribution >= 0.6 is 0 Å². The second kappa shape index (κ2) is 5.30. The van der Waals surface area contributed by atoms with Gasteiger partial charge in [0.25, 0.3) is 0 Å². The first-order valence-corrected chi connectivity index (χ1v) is 6.44. The molecule has 0 spiro atoms. The molecular formula is C13H14N4O3. The number of hydrogen-bond acceptors (Lipinski definition) is 4. The van der Waals surface area contributed by atoms with Crippen molar-refractivity contribution in [2.45, 2.75) is 13.0 Å². The molecule has 20 heavy (non-hydrogen) atoms. The summed E-state index contributed by atoms with van der Waals surface area (Å²) in [6, 6.07) is 5.67. The lowest BCUT2D eigenvalue weighted by Gasteiger charge is -2.17. The maximum atomic E-state index is 12.0. The van der Waals surface area contributed by atoms with Crippen LogP contribution in [0, 0.1) is 5.92 Å². The van der Waals surface area contributed by atoms with Gasteiger partial charge in [-0.15, -0.1) is 0 Å². The molecule has 0 bridgehead atoms. The standard InChI is InChI=1S/C13H14N4O3/c14-16-15-5-9-4-12(18)17(6-9)7-10-2-1-3-11-13(10)20-8-19-11/h1-3,9H,4-8H2. The Morgan fingerprint density at radius 1 is 1.45 bits per heavy atom. The molecule has 2 heterocycles. The first kappa shape index (κ1) is 12.6. The van der Waals surface area contributed by atoms with Gasteiger partial charge in [0.05, 0.1) is 0 Å². The van der Waals surface area contributed by atoms with Crippen LogP contribution in [-0.2, 0) is 11.3 Å². The van der Waals surface area contributed by atoms with Crippen molar-refractivity contribution >= 4 is 5.91 Å². The van der Waals surface area contributed by atoms with E-state index < -0.39 is 0 Å². The number of azide groups is 1. The molecule has 7 heteroatoms. The van der Waals surface area contributed by atoms with Crippen molar-refractivity contribution in [2.75, 3.05) is 19.9 Å². The highest BCUT2D eigenvalue weighted by Crippen LogP contribution is 2.36. The number of para-hydroxylation sites is 1. The fourth-order valence-corrected chi connectivity index (χ4v) is 2.60. The van der Waals surface area contributed by atoms with E-state index in [1.165, 1.54) is 0 Å². The summed E-state index contributed by atoms with van der Waals surface area (Å²) in [6.45, 7) is 1.70. The summed E-state index contributed by atoms with van der Waals surface area (Å²) in [5.41, 5.74) is 9.27. The molecule has 0 aromatic heterocycles. The first-order chi connectivity index (χ1) is 9.78. The van der Waals surface area contributed by atoms with Crippen molar-refractivity contribution in [3.63, 3.8) is 0 Å². The van der Waals surface area contributed by atoms with Crippen LogP contribution in [0.2, 0.25) is 0 Å². The van der Waals surface area contributed by atoms with Crippen LogP contribution < -0.4 is 9.47 Å². The Balaban J connectivity index is 1.71.